The van der Waals surface area contributed by atoms with Gasteiger partial charge in [-0.3, -0.25) is 4.79 Å². The third-order valence-corrected chi connectivity index (χ3v) is 5.82. The van der Waals surface area contributed by atoms with Crippen LogP contribution in [0.1, 0.15) is 34.2 Å². The minimum atomic E-state index is -0.480. The van der Waals surface area contributed by atoms with E-state index >= 15 is 0 Å². The van der Waals surface area contributed by atoms with Gasteiger partial charge in [-0.25, -0.2) is 10.2 Å². The van der Waals surface area contributed by atoms with Crippen LogP contribution >= 0.6 is 34.8 Å². The van der Waals surface area contributed by atoms with Crippen LogP contribution in [-0.2, 0) is 9.53 Å². The van der Waals surface area contributed by atoms with E-state index < -0.39 is 5.91 Å². The molecule has 7 nitrogen and oxygen atoms in total. The number of esters is 1. The zero-order chi connectivity index (χ0) is 24.8. The minimum absolute atomic E-state index is 0.171. The summed E-state index contributed by atoms with van der Waals surface area (Å²) in [5.74, 6) is -0.633. The first-order chi connectivity index (χ1) is 16.2. The molecule has 1 amide bonds. The number of aryl methyl sites for hydroxylation is 1. The van der Waals surface area contributed by atoms with E-state index in [9.17, 15) is 9.59 Å². The Hall–Kier alpha value is -3.00. The van der Waals surface area contributed by atoms with Crippen LogP contribution in [0.15, 0.2) is 47.6 Å². The molecule has 10 heteroatoms. The quantitative estimate of drug-likeness (QED) is 0.176. The number of hydrazone groups is 1. The summed E-state index contributed by atoms with van der Waals surface area (Å²) in [6, 6.07) is 12.0. The molecule has 0 atom stereocenters. The Balaban J connectivity index is 1.64. The Kier molecular flexibility index (Phi) is 8.61. The molecule has 0 unspecified atom stereocenters. The lowest BCUT2D eigenvalue weighted by Crippen LogP contribution is -2.24. The topological polar surface area (TPSA) is 81.9 Å². The number of carbonyl (C=O) groups is 2. The molecule has 0 bridgehead atoms. The summed E-state index contributed by atoms with van der Waals surface area (Å²) in [7, 11) is 0. The lowest BCUT2D eigenvalue weighted by Gasteiger charge is -2.10. The van der Waals surface area contributed by atoms with Gasteiger partial charge in [-0.2, -0.15) is 5.10 Å². The molecule has 3 aromatic rings. The molecular formula is C24H22Cl3N3O4. The number of nitrogens with one attached hydrogen (secondary N) is 1. The van der Waals surface area contributed by atoms with Gasteiger partial charge in [0.1, 0.15) is 10.8 Å². The Bertz CT molecular complexity index is 1240. The van der Waals surface area contributed by atoms with Gasteiger partial charge in [0, 0.05) is 33.7 Å². The number of ether oxygens (including phenoxy) is 2. The SMILES string of the molecule is CCOC(=O)c1ccc(-n2c(C)cc(/C=N\NC(=O)COc3cc(Cl)cc(Cl)c3Cl)c2C)cc1. The lowest BCUT2D eigenvalue weighted by atomic mass is 10.2. The normalized spacial score (nSPS) is 11.0. The Labute approximate surface area is 212 Å². The second kappa shape index (κ2) is 11.4. The van der Waals surface area contributed by atoms with E-state index in [0.29, 0.717) is 17.2 Å². The number of hydrogen-bond acceptors (Lipinski definition) is 5. The smallest absolute Gasteiger partial charge is 0.338 e. The Morgan fingerprint density at radius 1 is 1.09 bits per heavy atom. The molecule has 0 radical (unpaired) electrons. The van der Waals surface area contributed by atoms with E-state index in [1.54, 1.807) is 25.3 Å². The van der Waals surface area contributed by atoms with Crippen LogP contribution in [0.5, 0.6) is 5.75 Å². The van der Waals surface area contributed by atoms with E-state index in [4.69, 9.17) is 44.3 Å². The molecule has 0 aliphatic carbocycles. The molecule has 1 heterocycles. The van der Waals surface area contributed by atoms with Crippen LogP contribution in [0.3, 0.4) is 0 Å². The number of amides is 1. The van der Waals surface area contributed by atoms with Crippen molar-refractivity contribution in [3.05, 3.63) is 80.0 Å². The molecule has 2 aromatic carbocycles. The number of aromatic nitrogens is 1. The zero-order valence-electron chi connectivity index (χ0n) is 18.7. The molecule has 0 saturated heterocycles. The molecule has 0 saturated carbocycles. The van der Waals surface area contributed by atoms with Crippen molar-refractivity contribution in [1.29, 1.82) is 0 Å². The number of carbonyl (C=O) groups excluding carboxylic acids is 2. The molecule has 1 aromatic heterocycles. The summed E-state index contributed by atoms with van der Waals surface area (Å²) in [4.78, 5) is 24.0. The summed E-state index contributed by atoms with van der Waals surface area (Å²) in [6.45, 7) is 5.66. The van der Waals surface area contributed by atoms with Gasteiger partial charge in [0.2, 0.25) is 0 Å². The van der Waals surface area contributed by atoms with E-state index in [2.05, 4.69) is 10.5 Å². The van der Waals surface area contributed by atoms with E-state index in [1.807, 2.05) is 36.6 Å². The summed E-state index contributed by atoms with van der Waals surface area (Å²) in [5, 5.41) is 4.76. The number of nitrogens with zero attached hydrogens (tertiary/aromatic N) is 2. The van der Waals surface area contributed by atoms with E-state index in [-0.39, 0.29) is 28.4 Å². The van der Waals surface area contributed by atoms with Gasteiger partial charge in [-0.15, -0.1) is 0 Å². The van der Waals surface area contributed by atoms with Gasteiger partial charge in [0.05, 0.1) is 23.4 Å². The molecule has 3 rings (SSSR count). The summed E-state index contributed by atoms with van der Waals surface area (Å²) >= 11 is 17.9. The molecule has 0 aliphatic heterocycles. The second-order valence-corrected chi connectivity index (χ2v) is 8.43. The molecule has 0 spiro atoms. The largest absolute Gasteiger partial charge is 0.482 e. The van der Waals surface area contributed by atoms with Crippen LogP contribution < -0.4 is 10.2 Å². The van der Waals surface area contributed by atoms with Crippen molar-refractivity contribution >= 4 is 52.9 Å². The first kappa shape index (κ1) is 25.6. The van der Waals surface area contributed by atoms with Gasteiger partial charge in [0.15, 0.2) is 6.61 Å². The van der Waals surface area contributed by atoms with Crippen LogP contribution in [0.4, 0.5) is 0 Å². The maximum absolute atomic E-state index is 12.1. The van der Waals surface area contributed by atoms with Crippen LogP contribution in [0.25, 0.3) is 5.69 Å². The highest BCUT2D eigenvalue weighted by molar-refractivity contribution is 6.44. The Morgan fingerprint density at radius 3 is 2.47 bits per heavy atom. The summed E-state index contributed by atoms with van der Waals surface area (Å²) in [5.41, 5.74) is 6.48. The maximum Gasteiger partial charge on any atom is 0.338 e. The fourth-order valence-electron chi connectivity index (χ4n) is 3.26. The number of benzene rings is 2. The highest BCUT2D eigenvalue weighted by Crippen LogP contribution is 2.35. The second-order valence-electron chi connectivity index (χ2n) is 7.21. The van der Waals surface area contributed by atoms with Crippen LogP contribution in [-0.4, -0.2) is 35.9 Å². The average molecular weight is 523 g/mol. The van der Waals surface area contributed by atoms with Gasteiger partial charge in [-0.05, 0) is 57.2 Å². The highest BCUT2D eigenvalue weighted by Gasteiger charge is 2.13. The predicted molar refractivity (Wildman–Crippen MR) is 134 cm³/mol. The molecule has 178 valence electrons. The first-order valence-corrected chi connectivity index (χ1v) is 11.4. The van der Waals surface area contributed by atoms with Crippen molar-refractivity contribution in [2.24, 2.45) is 5.10 Å². The minimum Gasteiger partial charge on any atom is -0.482 e. The predicted octanol–water partition coefficient (Wildman–Crippen LogP) is 5.76. The van der Waals surface area contributed by atoms with Crippen LogP contribution in [0, 0.1) is 13.8 Å². The standard InChI is InChI=1S/C24H22Cl3N3O4/c1-4-33-24(32)16-5-7-19(8-6-16)30-14(2)9-17(15(30)3)12-28-29-22(31)13-34-21-11-18(25)10-20(26)23(21)27/h5-12H,4,13H2,1-3H3,(H,29,31)/b28-12-. The van der Waals surface area contributed by atoms with Crippen molar-refractivity contribution in [1.82, 2.24) is 9.99 Å². The lowest BCUT2D eigenvalue weighted by molar-refractivity contribution is -0.123. The summed E-state index contributed by atoms with van der Waals surface area (Å²) < 4.78 is 12.4. The monoisotopic (exact) mass is 521 g/mol. The molecule has 1 N–H and O–H groups in total. The maximum atomic E-state index is 12.1. The third-order valence-electron chi connectivity index (χ3n) is 4.82. The molecule has 0 fully saturated rings. The fourth-order valence-corrected chi connectivity index (χ4v) is 3.90. The number of hydrogen-bond donors (Lipinski definition) is 1. The number of halogens is 3. The average Bonchev–Trinajstić information content (AvgIpc) is 3.08. The molecule has 34 heavy (non-hydrogen) atoms. The van der Waals surface area contributed by atoms with Crippen molar-refractivity contribution in [3.8, 4) is 11.4 Å². The number of rotatable bonds is 8. The van der Waals surface area contributed by atoms with Gasteiger partial charge in [0.25, 0.3) is 5.91 Å². The van der Waals surface area contributed by atoms with Crippen molar-refractivity contribution in [2.75, 3.05) is 13.2 Å². The van der Waals surface area contributed by atoms with Crippen LogP contribution in [0.2, 0.25) is 15.1 Å². The zero-order valence-corrected chi connectivity index (χ0v) is 21.0. The first-order valence-electron chi connectivity index (χ1n) is 10.3. The highest BCUT2D eigenvalue weighted by atomic mass is 35.5. The molecular weight excluding hydrogens is 501 g/mol. The molecule has 0 aliphatic rings. The van der Waals surface area contributed by atoms with E-state index in [1.165, 1.54) is 12.1 Å². The van der Waals surface area contributed by atoms with Gasteiger partial charge >= 0.3 is 5.97 Å². The Morgan fingerprint density at radius 2 is 1.79 bits per heavy atom. The fraction of sp³-hybridized carbons (Fsp3) is 0.208. The van der Waals surface area contributed by atoms with Gasteiger partial charge < -0.3 is 14.0 Å². The summed E-state index contributed by atoms with van der Waals surface area (Å²) in [6.07, 6.45) is 1.55. The van der Waals surface area contributed by atoms with Gasteiger partial charge in [-0.1, -0.05) is 34.8 Å². The van der Waals surface area contributed by atoms with Crippen molar-refractivity contribution in [3.63, 3.8) is 0 Å². The van der Waals surface area contributed by atoms with Crippen molar-refractivity contribution in [2.45, 2.75) is 20.8 Å². The van der Waals surface area contributed by atoms with Crippen molar-refractivity contribution < 1.29 is 19.1 Å². The third kappa shape index (κ3) is 6.11. The van der Waals surface area contributed by atoms with E-state index in [0.717, 1.165) is 22.6 Å².